The molecule has 0 aromatic heterocycles. The highest BCUT2D eigenvalue weighted by molar-refractivity contribution is 5.75. The van der Waals surface area contributed by atoms with Gasteiger partial charge in [0.2, 0.25) is 5.91 Å². The third-order valence-corrected chi connectivity index (χ3v) is 2.80. The Balaban J connectivity index is 2.36. The summed E-state index contributed by atoms with van der Waals surface area (Å²) in [6.45, 7) is 5.08. The van der Waals surface area contributed by atoms with Crippen LogP contribution in [0.25, 0.3) is 0 Å². The van der Waals surface area contributed by atoms with Crippen LogP contribution in [-0.4, -0.2) is 23.4 Å². The summed E-state index contributed by atoms with van der Waals surface area (Å²) in [4.78, 5) is 22.0. The van der Waals surface area contributed by atoms with Gasteiger partial charge in [-0.1, -0.05) is 32.0 Å². The van der Waals surface area contributed by atoms with Crippen LogP contribution < -0.4 is 10.6 Å². The molecule has 6 nitrogen and oxygen atoms in total. The zero-order chi connectivity index (χ0) is 15.0. The van der Waals surface area contributed by atoms with E-state index >= 15 is 0 Å². The van der Waals surface area contributed by atoms with Crippen LogP contribution >= 0.6 is 0 Å². The normalized spacial score (nSPS) is 10.6. The van der Waals surface area contributed by atoms with E-state index in [0.717, 1.165) is 13.0 Å². The summed E-state index contributed by atoms with van der Waals surface area (Å²) >= 11 is 0. The molecule has 0 heterocycles. The number of hydrogen-bond acceptors (Lipinski definition) is 4. The number of benzene rings is 1. The average Bonchev–Trinajstić information content (AvgIpc) is 2.41. The molecule has 1 rings (SSSR count). The fourth-order valence-corrected chi connectivity index (χ4v) is 1.76. The number of amides is 1. The maximum absolute atomic E-state index is 11.6. The van der Waals surface area contributed by atoms with E-state index in [1.807, 2.05) is 0 Å². The zero-order valence-corrected chi connectivity index (χ0v) is 11.9. The van der Waals surface area contributed by atoms with Crippen LogP contribution in [0.3, 0.4) is 0 Å². The molecule has 0 fully saturated rings. The second-order valence-corrected chi connectivity index (χ2v) is 4.87. The number of nitro benzene ring substituents is 1. The standard InChI is InChI=1S/C14H21N3O3/c1-11(2)15-9-5-8-14(18)16-10-12-6-3-4-7-13(12)17(19)20/h3-4,6-7,11,15H,5,8-10H2,1-2H3,(H,16,18). The van der Waals surface area contributed by atoms with Gasteiger partial charge in [-0.15, -0.1) is 0 Å². The van der Waals surface area contributed by atoms with Crippen molar-refractivity contribution in [3.05, 3.63) is 39.9 Å². The second kappa shape index (κ2) is 8.27. The van der Waals surface area contributed by atoms with Crippen LogP contribution in [0.15, 0.2) is 24.3 Å². The van der Waals surface area contributed by atoms with E-state index in [2.05, 4.69) is 24.5 Å². The molecule has 0 aliphatic rings. The minimum absolute atomic E-state index is 0.0364. The summed E-state index contributed by atoms with van der Waals surface area (Å²) in [5.74, 6) is -0.0892. The number of rotatable bonds is 8. The molecule has 2 N–H and O–H groups in total. The van der Waals surface area contributed by atoms with Crippen molar-refractivity contribution in [1.82, 2.24) is 10.6 Å². The van der Waals surface area contributed by atoms with Crippen LogP contribution in [-0.2, 0) is 11.3 Å². The first-order valence-electron chi connectivity index (χ1n) is 6.73. The lowest BCUT2D eigenvalue weighted by Crippen LogP contribution is -2.27. The Hall–Kier alpha value is -1.95. The smallest absolute Gasteiger partial charge is 0.274 e. The Morgan fingerprint density at radius 3 is 2.70 bits per heavy atom. The van der Waals surface area contributed by atoms with Gasteiger partial charge in [0, 0.05) is 30.6 Å². The van der Waals surface area contributed by atoms with Gasteiger partial charge in [0.1, 0.15) is 0 Å². The number of para-hydroxylation sites is 1. The van der Waals surface area contributed by atoms with Gasteiger partial charge < -0.3 is 10.6 Å². The van der Waals surface area contributed by atoms with E-state index in [0.29, 0.717) is 18.0 Å². The maximum atomic E-state index is 11.6. The quantitative estimate of drug-likeness (QED) is 0.433. The molecular formula is C14H21N3O3. The van der Waals surface area contributed by atoms with Gasteiger partial charge >= 0.3 is 0 Å². The molecule has 0 saturated heterocycles. The minimum Gasteiger partial charge on any atom is -0.352 e. The van der Waals surface area contributed by atoms with Crippen LogP contribution in [0.2, 0.25) is 0 Å². The molecule has 0 aliphatic heterocycles. The van der Waals surface area contributed by atoms with Gasteiger partial charge in [0.25, 0.3) is 5.69 Å². The van der Waals surface area contributed by atoms with Gasteiger partial charge in [0.05, 0.1) is 4.92 Å². The molecule has 110 valence electrons. The molecule has 1 aromatic carbocycles. The summed E-state index contributed by atoms with van der Waals surface area (Å²) in [6.07, 6.45) is 1.17. The van der Waals surface area contributed by atoms with E-state index in [4.69, 9.17) is 0 Å². The molecule has 0 radical (unpaired) electrons. The van der Waals surface area contributed by atoms with E-state index in [9.17, 15) is 14.9 Å². The molecular weight excluding hydrogens is 258 g/mol. The molecule has 1 amide bonds. The van der Waals surface area contributed by atoms with E-state index in [-0.39, 0.29) is 18.1 Å². The minimum atomic E-state index is -0.436. The summed E-state index contributed by atoms with van der Waals surface area (Å²) in [5, 5.41) is 16.8. The number of nitrogens with one attached hydrogen (secondary N) is 2. The Morgan fingerprint density at radius 1 is 1.35 bits per heavy atom. The Morgan fingerprint density at radius 2 is 2.05 bits per heavy atom. The van der Waals surface area contributed by atoms with Crippen LogP contribution in [0.5, 0.6) is 0 Å². The van der Waals surface area contributed by atoms with Crippen molar-refractivity contribution in [2.45, 2.75) is 39.3 Å². The van der Waals surface area contributed by atoms with E-state index in [1.54, 1.807) is 18.2 Å². The van der Waals surface area contributed by atoms with Crippen molar-refractivity contribution in [3.8, 4) is 0 Å². The predicted molar refractivity (Wildman–Crippen MR) is 77.3 cm³/mol. The third kappa shape index (κ3) is 5.79. The number of nitrogens with zero attached hydrogens (tertiary/aromatic N) is 1. The first kappa shape index (κ1) is 16.1. The van der Waals surface area contributed by atoms with Crippen molar-refractivity contribution in [1.29, 1.82) is 0 Å². The number of carbonyl (C=O) groups excluding carboxylic acids is 1. The van der Waals surface area contributed by atoms with E-state index in [1.165, 1.54) is 6.07 Å². The summed E-state index contributed by atoms with van der Waals surface area (Å²) in [5.41, 5.74) is 0.556. The predicted octanol–water partition coefficient (Wildman–Crippen LogP) is 1.99. The largest absolute Gasteiger partial charge is 0.352 e. The van der Waals surface area contributed by atoms with Crippen molar-refractivity contribution >= 4 is 11.6 Å². The molecule has 0 saturated carbocycles. The summed E-state index contributed by atoms with van der Waals surface area (Å²) in [7, 11) is 0. The highest BCUT2D eigenvalue weighted by Crippen LogP contribution is 2.17. The van der Waals surface area contributed by atoms with Crippen LogP contribution in [0.4, 0.5) is 5.69 Å². The van der Waals surface area contributed by atoms with Crippen LogP contribution in [0.1, 0.15) is 32.3 Å². The third-order valence-electron chi connectivity index (χ3n) is 2.80. The first-order valence-corrected chi connectivity index (χ1v) is 6.73. The van der Waals surface area contributed by atoms with Gasteiger partial charge in [-0.25, -0.2) is 0 Å². The monoisotopic (exact) mass is 279 g/mol. The Bertz CT molecular complexity index is 461. The SMILES string of the molecule is CC(C)NCCCC(=O)NCc1ccccc1[N+](=O)[O-]. The number of carbonyl (C=O) groups is 1. The highest BCUT2D eigenvalue weighted by Gasteiger charge is 2.12. The second-order valence-electron chi connectivity index (χ2n) is 4.87. The summed E-state index contributed by atoms with van der Waals surface area (Å²) < 4.78 is 0. The number of nitro groups is 1. The molecule has 20 heavy (non-hydrogen) atoms. The van der Waals surface area contributed by atoms with Crippen molar-refractivity contribution in [3.63, 3.8) is 0 Å². The molecule has 0 aliphatic carbocycles. The lowest BCUT2D eigenvalue weighted by atomic mass is 10.2. The Kier molecular flexibility index (Phi) is 6.66. The maximum Gasteiger partial charge on any atom is 0.274 e. The van der Waals surface area contributed by atoms with E-state index < -0.39 is 4.92 Å². The fraction of sp³-hybridized carbons (Fsp3) is 0.500. The van der Waals surface area contributed by atoms with Crippen molar-refractivity contribution < 1.29 is 9.72 Å². The number of hydrogen-bond donors (Lipinski definition) is 2. The van der Waals surface area contributed by atoms with Gasteiger partial charge in [0.15, 0.2) is 0 Å². The molecule has 0 unspecified atom stereocenters. The molecule has 0 bridgehead atoms. The van der Waals surface area contributed by atoms with Crippen LogP contribution in [0, 0.1) is 10.1 Å². The lowest BCUT2D eigenvalue weighted by molar-refractivity contribution is -0.385. The fourth-order valence-electron chi connectivity index (χ4n) is 1.76. The Labute approximate surface area is 118 Å². The van der Waals surface area contributed by atoms with Gasteiger partial charge in [-0.3, -0.25) is 14.9 Å². The van der Waals surface area contributed by atoms with Crippen molar-refractivity contribution in [2.75, 3.05) is 6.54 Å². The molecule has 1 aromatic rings. The first-order chi connectivity index (χ1) is 9.50. The highest BCUT2D eigenvalue weighted by atomic mass is 16.6. The lowest BCUT2D eigenvalue weighted by Gasteiger charge is -2.08. The molecule has 6 heteroatoms. The van der Waals surface area contributed by atoms with Gasteiger partial charge in [-0.2, -0.15) is 0 Å². The topological polar surface area (TPSA) is 84.3 Å². The summed E-state index contributed by atoms with van der Waals surface area (Å²) in [6, 6.07) is 6.83. The molecule has 0 atom stereocenters. The van der Waals surface area contributed by atoms with Crippen molar-refractivity contribution in [2.24, 2.45) is 0 Å². The zero-order valence-electron chi connectivity index (χ0n) is 11.9. The average molecular weight is 279 g/mol. The molecule has 0 spiro atoms. The van der Waals surface area contributed by atoms with Gasteiger partial charge in [-0.05, 0) is 13.0 Å².